The molecule has 0 saturated heterocycles. The molecule has 0 bridgehead atoms. The lowest BCUT2D eigenvalue weighted by Gasteiger charge is -2.16. The predicted molar refractivity (Wildman–Crippen MR) is 99.3 cm³/mol. The molecule has 3 rings (SSSR count). The van der Waals surface area contributed by atoms with Gasteiger partial charge in [-0.2, -0.15) is 0 Å². The molecule has 5 nitrogen and oxygen atoms in total. The second-order valence-corrected chi connectivity index (χ2v) is 6.36. The van der Waals surface area contributed by atoms with Crippen molar-refractivity contribution in [2.75, 3.05) is 6.26 Å². The van der Waals surface area contributed by atoms with Gasteiger partial charge in [0.2, 0.25) is 0 Å². The normalized spacial score (nSPS) is 11.9. The van der Waals surface area contributed by atoms with Crippen molar-refractivity contribution in [2.45, 2.75) is 18.1 Å². The number of rotatable bonds is 5. The van der Waals surface area contributed by atoms with Gasteiger partial charge in [-0.25, -0.2) is 4.98 Å². The van der Waals surface area contributed by atoms with E-state index in [9.17, 15) is 9.90 Å². The van der Waals surface area contributed by atoms with Gasteiger partial charge < -0.3 is 10.4 Å². The zero-order valence-corrected chi connectivity index (χ0v) is 14.8. The Balaban J connectivity index is 1.89. The van der Waals surface area contributed by atoms with Gasteiger partial charge in [-0.3, -0.25) is 9.36 Å². The summed E-state index contributed by atoms with van der Waals surface area (Å²) in [5.74, 6) is -0.0370. The van der Waals surface area contributed by atoms with E-state index in [1.165, 1.54) is 11.8 Å². The number of phenolic OH excluding ortho intramolecular Hbond substituents is 1. The minimum Gasteiger partial charge on any atom is -0.508 e. The summed E-state index contributed by atoms with van der Waals surface area (Å²) in [6.07, 6.45) is 3.52. The number of thioether (sulfide) groups is 1. The zero-order valence-electron chi connectivity index (χ0n) is 14.0. The fourth-order valence-electron chi connectivity index (χ4n) is 2.61. The molecular weight excluding hydrogens is 334 g/mol. The molecule has 0 radical (unpaired) electrons. The Hall–Kier alpha value is -2.73. The highest BCUT2D eigenvalue weighted by atomic mass is 32.2. The summed E-state index contributed by atoms with van der Waals surface area (Å²) in [5, 5.41) is 13.3. The Morgan fingerprint density at radius 3 is 2.64 bits per heavy atom. The number of phenols is 1. The van der Waals surface area contributed by atoms with Crippen LogP contribution in [-0.4, -0.2) is 26.8 Å². The minimum absolute atomic E-state index is 0.178. The van der Waals surface area contributed by atoms with E-state index in [2.05, 4.69) is 10.3 Å². The number of carbonyl (C=O) groups excluding carboxylic acids is 1. The van der Waals surface area contributed by atoms with Crippen molar-refractivity contribution < 1.29 is 9.90 Å². The molecule has 2 aromatic carbocycles. The number of aromatic nitrogens is 2. The number of para-hydroxylation sites is 1. The average molecular weight is 353 g/mol. The van der Waals surface area contributed by atoms with E-state index in [-0.39, 0.29) is 17.7 Å². The van der Waals surface area contributed by atoms with Crippen molar-refractivity contribution in [3.05, 3.63) is 72.1 Å². The van der Waals surface area contributed by atoms with Crippen LogP contribution in [0.1, 0.15) is 29.0 Å². The van der Waals surface area contributed by atoms with Crippen LogP contribution in [0, 0.1) is 0 Å². The topological polar surface area (TPSA) is 67.2 Å². The zero-order chi connectivity index (χ0) is 17.8. The number of imidazole rings is 1. The second kappa shape index (κ2) is 7.44. The lowest BCUT2D eigenvalue weighted by Crippen LogP contribution is -2.28. The van der Waals surface area contributed by atoms with E-state index in [4.69, 9.17) is 0 Å². The summed E-state index contributed by atoms with van der Waals surface area (Å²) < 4.78 is 1.84. The van der Waals surface area contributed by atoms with Gasteiger partial charge in [0.1, 0.15) is 11.4 Å². The Kier molecular flexibility index (Phi) is 5.09. The third kappa shape index (κ3) is 3.69. The van der Waals surface area contributed by atoms with E-state index in [0.29, 0.717) is 5.69 Å². The average Bonchev–Trinajstić information content (AvgIpc) is 3.06. The number of hydrogen-bond acceptors (Lipinski definition) is 4. The monoisotopic (exact) mass is 353 g/mol. The van der Waals surface area contributed by atoms with Crippen LogP contribution in [-0.2, 0) is 0 Å². The molecule has 1 amide bonds. The third-order valence-corrected chi connectivity index (χ3v) is 4.53. The van der Waals surface area contributed by atoms with Crippen molar-refractivity contribution in [3.8, 4) is 11.4 Å². The fourth-order valence-corrected chi connectivity index (χ4v) is 3.16. The summed E-state index contributed by atoms with van der Waals surface area (Å²) in [6, 6.07) is 16.3. The maximum absolute atomic E-state index is 12.8. The molecule has 0 aliphatic rings. The number of carbonyl (C=O) groups is 1. The number of aromatic hydroxyl groups is 1. The maximum atomic E-state index is 12.8. The van der Waals surface area contributed by atoms with Crippen molar-refractivity contribution in [1.29, 1.82) is 0 Å². The Labute approximate surface area is 150 Å². The molecule has 0 aliphatic heterocycles. The number of hydrogen-bond donors (Lipinski definition) is 2. The van der Waals surface area contributed by atoms with Gasteiger partial charge in [0, 0.05) is 5.69 Å². The molecule has 25 heavy (non-hydrogen) atoms. The van der Waals surface area contributed by atoms with Gasteiger partial charge in [-0.1, -0.05) is 42.1 Å². The van der Waals surface area contributed by atoms with Gasteiger partial charge in [-0.15, -0.1) is 0 Å². The van der Waals surface area contributed by atoms with Crippen LogP contribution >= 0.6 is 11.8 Å². The molecular formula is C19H19N3O2S. The summed E-state index contributed by atoms with van der Waals surface area (Å²) in [6.45, 7) is 1.88. The summed E-state index contributed by atoms with van der Waals surface area (Å²) in [4.78, 5) is 17.1. The first-order valence-corrected chi connectivity index (χ1v) is 9.09. The summed E-state index contributed by atoms with van der Waals surface area (Å²) in [7, 11) is 0. The predicted octanol–water partition coefficient (Wildman–Crippen LogP) is 3.79. The molecule has 1 atom stereocenters. The molecule has 0 spiro atoms. The van der Waals surface area contributed by atoms with Crippen LogP contribution < -0.4 is 5.32 Å². The lowest BCUT2D eigenvalue weighted by atomic mass is 10.1. The van der Waals surface area contributed by atoms with Crippen molar-refractivity contribution in [3.63, 3.8) is 0 Å². The first-order chi connectivity index (χ1) is 12.1. The SMILES string of the molecule is CSc1ncc(C(=O)NC(C)c2cccc(O)c2)n1-c1ccccc1. The number of benzene rings is 2. The van der Waals surface area contributed by atoms with Crippen molar-refractivity contribution >= 4 is 17.7 Å². The highest BCUT2D eigenvalue weighted by molar-refractivity contribution is 7.98. The lowest BCUT2D eigenvalue weighted by molar-refractivity contribution is 0.0932. The highest BCUT2D eigenvalue weighted by Gasteiger charge is 2.19. The van der Waals surface area contributed by atoms with E-state index in [1.54, 1.807) is 24.4 Å². The number of nitrogens with zero attached hydrogens (tertiary/aromatic N) is 2. The van der Waals surface area contributed by atoms with Gasteiger partial charge >= 0.3 is 0 Å². The van der Waals surface area contributed by atoms with E-state index < -0.39 is 0 Å². The van der Waals surface area contributed by atoms with E-state index in [1.807, 2.05) is 54.1 Å². The molecule has 6 heteroatoms. The summed E-state index contributed by atoms with van der Waals surface area (Å²) in [5.41, 5.74) is 2.20. The maximum Gasteiger partial charge on any atom is 0.270 e. The molecule has 128 valence electrons. The van der Waals surface area contributed by atoms with Crippen LogP contribution in [0.4, 0.5) is 0 Å². The molecule has 3 aromatic rings. The molecule has 1 unspecified atom stereocenters. The molecule has 0 saturated carbocycles. The van der Waals surface area contributed by atoms with Crippen LogP contribution in [0.2, 0.25) is 0 Å². The van der Waals surface area contributed by atoms with Crippen molar-refractivity contribution in [2.24, 2.45) is 0 Å². The van der Waals surface area contributed by atoms with Gasteiger partial charge in [0.25, 0.3) is 5.91 Å². The first kappa shape index (κ1) is 17.1. The van der Waals surface area contributed by atoms with Gasteiger partial charge in [0.05, 0.1) is 12.2 Å². The standard InChI is InChI=1S/C19H19N3O2S/c1-13(14-7-6-10-16(23)11-14)21-18(24)17-12-20-19(25-2)22(17)15-8-4-3-5-9-15/h3-13,23H,1-2H3,(H,21,24). The van der Waals surface area contributed by atoms with Gasteiger partial charge in [0.15, 0.2) is 5.16 Å². The smallest absolute Gasteiger partial charge is 0.270 e. The second-order valence-electron chi connectivity index (χ2n) is 5.59. The quantitative estimate of drug-likeness (QED) is 0.685. The van der Waals surface area contributed by atoms with Crippen LogP contribution in [0.5, 0.6) is 5.75 Å². The van der Waals surface area contributed by atoms with Crippen molar-refractivity contribution in [1.82, 2.24) is 14.9 Å². The molecule has 2 N–H and O–H groups in total. The molecule has 0 fully saturated rings. The van der Waals surface area contributed by atoms with Gasteiger partial charge in [-0.05, 0) is 43.0 Å². The van der Waals surface area contributed by atoms with Crippen LogP contribution in [0.25, 0.3) is 5.69 Å². The number of amides is 1. The Morgan fingerprint density at radius 1 is 1.20 bits per heavy atom. The highest BCUT2D eigenvalue weighted by Crippen LogP contribution is 2.23. The molecule has 0 aliphatic carbocycles. The molecule has 1 aromatic heterocycles. The summed E-state index contributed by atoms with van der Waals surface area (Å²) >= 11 is 1.48. The Morgan fingerprint density at radius 2 is 1.96 bits per heavy atom. The van der Waals surface area contributed by atoms with E-state index >= 15 is 0 Å². The minimum atomic E-state index is -0.239. The van der Waals surface area contributed by atoms with Crippen LogP contribution in [0.3, 0.4) is 0 Å². The number of nitrogens with one attached hydrogen (secondary N) is 1. The fraction of sp³-hybridized carbons (Fsp3) is 0.158. The van der Waals surface area contributed by atoms with E-state index in [0.717, 1.165) is 16.4 Å². The Bertz CT molecular complexity index is 877. The first-order valence-electron chi connectivity index (χ1n) is 7.87. The third-order valence-electron chi connectivity index (χ3n) is 3.88. The largest absolute Gasteiger partial charge is 0.508 e. The molecule has 1 heterocycles. The van der Waals surface area contributed by atoms with Crippen LogP contribution in [0.15, 0.2) is 66.0 Å².